The zero-order valence-corrected chi connectivity index (χ0v) is 17.7. The average molecular weight is 464 g/mol. The topological polar surface area (TPSA) is 79.7 Å². The summed E-state index contributed by atoms with van der Waals surface area (Å²) in [5.74, 6) is -2.67. The van der Waals surface area contributed by atoms with Crippen molar-refractivity contribution < 1.29 is 32.6 Å². The summed E-state index contributed by atoms with van der Waals surface area (Å²) in [6, 6.07) is 14.5. The van der Waals surface area contributed by atoms with Crippen molar-refractivity contribution in [2.24, 2.45) is 5.92 Å². The lowest BCUT2D eigenvalue weighted by atomic mass is 9.95. The summed E-state index contributed by atoms with van der Waals surface area (Å²) in [7, 11) is 1.49. The lowest BCUT2D eigenvalue weighted by Crippen LogP contribution is -2.35. The number of anilines is 1. The van der Waals surface area contributed by atoms with Gasteiger partial charge in [0.1, 0.15) is 5.75 Å². The smallest absolute Gasteiger partial charge is 0.481 e. The molecule has 10 heteroatoms. The number of alkyl halides is 3. The number of carboxylic acid groups (broad SMARTS) is 1. The lowest BCUT2D eigenvalue weighted by molar-refractivity contribution is -0.274. The van der Waals surface area contributed by atoms with Crippen molar-refractivity contribution in [3.8, 4) is 17.0 Å². The van der Waals surface area contributed by atoms with Crippen molar-refractivity contribution in [3.05, 3.63) is 65.5 Å². The third kappa shape index (κ3) is 6.30. The number of carboxylic acids is 1. The Hall–Kier alpha value is -3.40. The standard InChI is InChI=1S/C22H19F3N2O4S/c1-27(20(30)16(12-19(28)29)10-14-6-3-2-4-7-14)21-26-18(13-32-21)15-8-5-9-17(11-15)31-22(23,24)25/h2-9,11,13,16H,10,12H2,1H3,(H,28,29)/t16-/m1/s1. The number of thiazole rings is 1. The fourth-order valence-electron chi connectivity index (χ4n) is 3.13. The number of rotatable bonds is 8. The van der Waals surface area contributed by atoms with Crippen molar-refractivity contribution in [1.29, 1.82) is 0 Å². The maximum atomic E-state index is 13.0. The van der Waals surface area contributed by atoms with E-state index in [0.29, 0.717) is 16.4 Å². The van der Waals surface area contributed by atoms with Gasteiger partial charge in [-0.15, -0.1) is 24.5 Å². The number of ether oxygens (including phenoxy) is 1. The Bertz CT molecular complexity index is 1090. The Balaban J connectivity index is 1.79. The first-order valence-corrected chi connectivity index (χ1v) is 10.4. The highest BCUT2D eigenvalue weighted by molar-refractivity contribution is 7.14. The van der Waals surface area contributed by atoms with Crippen LogP contribution in [0.3, 0.4) is 0 Å². The largest absolute Gasteiger partial charge is 0.573 e. The van der Waals surface area contributed by atoms with Crippen molar-refractivity contribution in [2.45, 2.75) is 19.2 Å². The third-order valence-electron chi connectivity index (χ3n) is 4.57. The molecule has 1 N–H and O–H groups in total. The molecule has 3 rings (SSSR count). The number of aliphatic carboxylic acids is 1. The normalized spacial score (nSPS) is 12.2. The summed E-state index contributed by atoms with van der Waals surface area (Å²) in [5, 5.41) is 11.2. The van der Waals surface area contributed by atoms with Crippen molar-refractivity contribution in [3.63, 3.8) is 0 Å². The molecule has 32 heavy (non-hydrogen) atoms. The molecule has 0 aliphatic heterocycles. The zero-order valence-electron chi connectivity index (χ0n) is 16.9. The van der Waals surface area contributed by atoms with E-state index in [1.807, 2.05) is 30.3 Å². The molecule has 0 saturated heterocycles. The van der Waals surface area contributed by atoms with Gasteiger partial charge >= 0.3 is 12.3 Å². The number of aromatic nitrogens is 1. The van der Waals surface area contributed by atoms with Crippen LogP contribution >= 0.6 is 11.3 Å². The molecule has 6 nitrogen and oxygen atoms in total. The van der Waals surface area contributed by atoms with Crippen LogP contribution in [0.5, 0.6) is 5.75 Å². The quantitative estimate of drug-likeness (QED) is 0.507. The van der Waals surface area contributed by atoms with Crippen LogP contribution in [0.2, 0.25) is 0 Å². The minimum Gasteiger partial charge on any atom is -0.481 e. The lowest BCUT2D eigenvalue weighted by Gasteiger charge is -2.21. The first kappa shape index (κ1) is 23.3. The van der Waals surface area contributed by atoms with Gasteiger partial charge in [-0.3, -0.25) is 14.5 Å². The van der Waals surface area contributed by atoms with E-state index < -0.39 is 24.2 Å². The summed E-state index contributed by atoms with van der Waals surface area (Å²) in [5.41, 5.74) is 1.60. The molecular weight excluding hydrogens is 445 g/mol. The van der Waals surface area contributed by atoms with Crippen molar-refractivity contribution >= 4 is 28.3 Å². The van der Waals surface area contributed by atoms with Crippen molar-refractivity contribution in [1.82, 2.24) is 4.98 Å². The van der Waals surface area contributed by atoms with E-state index in [1.165, 1.54) is 30.1 Å². The first-order valence-electron chi connectivity index (χ1n) is 9.47. The molecule has 3 aromatic rings. The van der Waals surface area contributed by atoms with Crippen molar-refractivity contribution in [2.75, 3.05) is 11.9 Å². The van der Waals surface area contributed by atoms with Gasteiger partial charge in [-0.25, -0.2) is 4.98 Å². The molecule has 1 aromatic heterocycles. The van der Waals surface area contributed by atoms with Crippen LogP contribution in [0, 0.1) is 5.92 Å². The summed E-state index contributed by atoms with van der Waals surface area (Å²) in [4.78, 5) is 30.0. The molecule has 0 spiro atoms. The Kier molecular flexibility index (Phi) is 7.14. The average Bonchev–Trinajstić information content (AvgIpc) is 3.22. The highest BCUT2D eigenvalue weighted by Crippen LogP contribution is 2.31. The van der Waals surface area contributed by atoms with Gasteiger partial charge in [-0.2, -0.15) is 0 Å². The summed E-state index contributed by atoms with van der Waals surface area (Å²) < 4.78 is 41.4. The molecule has 0 saturated carbocycles. The summed E-state index contributed by atoms with van der Waals surface area (Å²) in [6.07, 6.45) is -4.89. The molecule has 1 heterocycles. The molecule has 0 bridgehead atoms. The van der Waals surface area contributed by atoms with E-state index in [9.17, 15) is 27.9 Å². The number of carbonyl (C=O) groups excluding carboxylic acids is 1. The van der Waals surface area contributed by atoms with Crippen LogP contribution in [-0.2, 0) is 16.0 Å². The van der Waals surface area contributed by atoms with E-state index in [1.54, 1.807) is 11.4 Å². The van der Waals surface area contributed by atoms with Crippen LogP contribution < -0.4 is 9.64 Å². The Labute approximate surface area is 185 Å². The number of amides is 1. The predicted molar refractivity (Wildman–Crippen MR) is 114 cm³/mol. The highest BCUT2D eigenvalue weighted by Gasteiger charge is 2.31. The van der Waals surface area contributed by atoms with E-state index in [0.717, 1.165) is 16.9 Å². The molecule has 1 amide bonds. The SMILES string of the molecule is CN(C(=O)[C@@H](CC(=O)O)Cc1ccccc1)c1nc(-c2cccc(OC(F)(F)F)c2)cs1. The predicted octanol–water partition coefficient (Wildman–Crippen LogP) is 5.01. The molecule has 0 aliphatic rings. The number of hydrogen-bond acceptors (Lipinski definition) is 5. The van der Waals surface area contributed by atoms with Gasteiger partial charge in [0.25, 0.3) is 0 Å². The van der Waals surface area contributed by atoms with E-state index in [2.05, 4.69) is 9.72 Å². The monoisotopic (exact) mass is 464 g/mol. The van der Waals surface area contributed by atoms with Gasteiger partial charge in [0, 0.05) is 18.0 Å². The second kappa shape index (κ2) is 9.82. The number of hydrogen-bond donors (Lipinski definition) is 1. The molecule has 1 atom stereocenters. The fraction of sp³-hybridized carbons (Fsp3) is 0.227. The number of benzene rings is 2. The van der Waals surface area contributed by atoms with Crippen LogP contribution in [0.25, 0.3) is 11.3 Å². The molecule has 2 aromatic carbocycles. The van der Waals surface area contributed by atoms with Crippen LogP contribution in [0.4, 0.5) is 18.3 Å². The zero-order chi connectivity index (χ0) is 23.3. The second-order valence-electron chi connectivity index (χ2n) is 6.97. The number of halogens is 3. The molecule has 0 radical (unpaired) electrons. The highest BCUT2D eigenvalue weighted by atomic mass is 32.1. The van der Waals surface area contributed by atoms with E-state index >= 15 is 0 Å². The third-order valence-corrected chi connectivity index (χ3v) is 5.49. The molecular formula is C22H19F3N2O4S. The number of carbonyl (C=O) groups is 2. The Morgan fingerprint density at radius 2 is 1.88 bits per heavy atom. The van der Waals surface area contributed by atoms with Gasteiger partial charge < -0.3 is 9.84 Å². The minimum absolute atomic E-state index is 0.255. The summed E-state index contributed by atoms with van der Waals surface area (Å²) in [6.45, 7) is 0. The van der Waals surface area contributed by atoms with Gasteiger partial charge in [0.2, 0.25) is 5.91 Å². The first-order chi connectivity index (χ1) is 15.1. The Morgan fingerprint density at radius 3 is 2.53 bits per heavy atom. The van der Waals surface area contributed by atoms with Gasteiger partial charge in [0.05, 0.1) is 18.0 Å². The Morgan fingerprint density at radius 1 is 1.16 bits per heavy atom. The number of nitrogens with zero attached hydrogens (tertiary/aromatic N) is 2. The van der Waals surface area contributed by atoms with E-state index in [4.69, 9.17) is 0 Å². The van der Waals surface area contributed by atoms with Crippen LogP contribution in [0.15, 0.2) is 60.0 Å². The van der Waals surface area contributed by atoms with Gasteiger partial charge in [0.15, 0.2) is 5.13 Å². The van der Waals surface area contributed by atoms with Gasteiger partial charge in [-0.05, 0) is 24.1 Å². The fourth-order valence-corrected chi connectivity index (χ4v) is 3.93. The second-order valence-corrected chi connectivity index (χ2v) is 7.81. The molecule has 0 fully saturated rings. The maximum absolute atomic E-state index is 13.0. The van der Waals surface area contributed by atoms with Crippen LogP contribution in [-0.4, -0.2) is 35.4 Å². The van der Waals surface area contributed by atoms with E-state index in [-0.39, 0.29) is 18.6 Å². The van der Waals surface area contributed by atoms with Crippen LogP contribution in [0.1, 0.15) is 12.0 Å². The molecule has 168 valence electrons. The maximum Gasteiger partial charge on any atom is 0.573 e. The molecule has 0 unspecified atom stereocenters. The van der Waals surface area contributed by atoms with Gasteiger partial charge in [-0.1, -0.05) is 42.5 Å². The summed E-state index contributed by atoms with van der Waals surface area (Å²) >= 11 is 1.13. The molecule has 0 aliphatic carbocycles. The minimum atomic E-state index is -4.81.